The second-order valence-electron chi connectivity index (χ2n) is 6.29. The zero-order chi connectivity index (χ0) is 19.5. The highest BCUT2D eigenvalue weighted by atomic mass is 32.2. The van der Waals surface area contributed by atoms with E-state index in [-0.39, 0.29) is 22.2 Å². The van der Waals surface area contributed by atoms with Crippen molar-refractivity contribution in [3.05, 3.63) is 28.7 Å². The fraction of sp³-hybridized carbons (Fsp3) is 0.400. The first-order chi connectivity index (χ1) is 12.0. The number of carbonyl (C=O) groups excluding carboxylic acids is 2. The molecule has 9 nitrogen and oxygen atoms in total. The summed E-state index contributed by atoms with van der Waals surface area (Å²) in [6.45, 7) is 5.01. The summed E-state index contributed by atoms with van der Waals surface area (Å²) < 4.78 is 38.2. The van der Waals surface area contributed by atoms with E-state index in [2.05, 4.69) is 14.6 Å². The highest BCUT2D eigenvalue weighted by molar-refractivity contribution is 7.93. The van der Waals surface area contributed by atoms with E-state index in [4.69, 9.17) is 4.74 Å². The van der Waals surface area contributed by atoms with Crippen molar-refractivity contribution in [2.24, 2.45) is 5.41 Å². The van der Waals surface area contributed by atoms with E-state index in [9.17, 15) is 18.0 Å². The predicted molar refractivity (Wildman–Crippen MR) is 94.2 cm³/mol. The van der Waals surface area contributed by atoms with Crippen LogP contribution in [0.5, 0.6) is 0 Å². The molecule has 0 atom stereocenters. The second kappa shape index (κ2) is 7.46. The molecule has 2 heterocycles. The molecule has 142 valence electrons. The Morgan fingerprint density at radius 2 is 2.04 bits per heavy atom. The summed E-state index contributed by atoms with van der Waals surface area (Å²) in [4.78, 5) is 23.2. The smallest absolute Gasteiger partial charge is 0.349 e. The van der Waals surface area contributed by atoms with Crippen LogP contribution < -0.4 is 4.72 Å². The molecule has 0 unspecified atom stereocenters. The van der Waals surface area contributed by atoms with Crippen LogP contribution in [-0.4, -0.2) is 37.2 Å². The van der Waals surface area contributed by atoms with Crippen LogP contribution in [0.3, 0.4) is 0 Å². The highest BCUT2D eigenvalue weighted by Gasteiger charge is 2.25. The number of aromatic nitrogens is 2. The molecule has 26 heavy (non-hydrogen) atoms. The molecule has 0 aliphatic rings. The molecule has 11 heteroatoms. The zero-order valence-electron chi connectivity index (χ0n) is 14.7. The lowest BCUT2D eigenvalue weighted by Crippen LogP contribution is -2.24. The van der Waals surface area contributed by atoms with E-state index < -0.39 is 27.4 Å². The van der Waals surface area contributed by atoms with Gasteiger partial charge in [-0.3, -0.25) is 9.52 Å². The standard InChI is InChI=1S/C15H19N3O6S2/c1-15(2,3)14(20)24-9-18-8-10(7-16-18)17-26(21,22)11-5-6-25-12(11)13(19)23-4/h5-8,17H,9H2,1-4H3. The maximum Gasteiger partial charge on any atom is 0.349 e. The molecule has 0 saturated carbocycles. The van der Waals surface area contributed by atoms with Gasteiger partial charge in [0.1, 0.15) is 9.77 Å². The molecule has 2 rings (SSSR count). The lowest BCUT2D eigenvalue weighted by Gasteiger charge is -2.16. The summed E-state index contributed by atoms with van der Waals surface area (Å²) in [5.74, 6) is -1.14. The fourth-order valence-electron chi connectivity index (χ4n) is 1.79. The molecular formula is C15H19N3O6S2. The quantitative estimate of drug-likeness (QED) is 0.737. The van der Waals surface area contributed by atoms with Crippen LogP contribution in [0.25, 0.3) is 0 Å². The summed E-state index contributed by atoms with van der Waals surface area (Å²) in [5.41, 5.74) is -0.486. The molecule has 1 N–H and O–H groups in total. The molecule has 0 bridgehead atoms. The van der Waals surface area contributed by atoms with Crippen molar-refractivity contribution in [3.8, 4) is 0 Å². The van der Waals surface area contributed by atoms with Crippen molar-refractivity contribution < 1.29 is 27.5 Å². The van der Waals surface area contributed by atoms with E-state index in [1.54, 1.807) is 20.8 Å². The fourth-order valence-corrected chi connectivity index (χ4v) is 4.15. The van der Waals surface area contributed by atoms with Crippen molar-refractivity contribution in [1.82, 2.24) is 9.78 Å². The first-order valence-corrected chi connectivity index (χ1v) is 9.79. The maximum absolute atomic E-state index is 12.5. The van der Waals surface area contributed by atoms with Gasteiger partial charge in [-0.25, -0.2) is 17.9 Å². The minimum atomic E-state index is -4.00. The topological polar surface area (TPSA) is 117 Å². The number of esters is 2. The Morgan fingerprint density at radius 1 is 1.35 bits per heavy atom. The number of carbonyl (C=O) groups is 2. The molecule has 2 aromatic rings. The predicted octanol–water partition coefficient (Wildman–Crippen LogP) is 2.08. The minimum Gasteiger partial charge on any atom is -0.465 e. The van der Waals surface area contributed by atoms with Gasteiger partial charge in [0.25, 0.3) is 10.0 Å². The first kappa shape index (κ1) is 19.9. The van der Waals surface area contributed by atoms with Gasteiger partial charge in [0, 0.05) is 0 Å². The van der Waals surface area contributed by atoms with Crippen molar-refractivity contribution in [1.29, 1.82) is 0 Å². The van der Waals surface area contributed by atoms with Crippen molar-refractivity contribution in [2.75, 3.05) is 11.8 Å². The average Bonchev–Trinajstić information content (AvgIpc) is 3.20. The van der Waals surface area contributed by atoms with E-state index in [1.165, 1.54) is 35.6 Å². The number of ether oxygens (including phenoxy) is 2. The molecule has 2 aromatic heterocycles. The van der Waals surface area contributed by atoms with Crippen LogP contribution in [0, 0.1) is 5.41 Å². The molecule has 0 aromatic carbocycles. The Morgan fingerprint density at radius 3 is 2.65 bits per heavy atom. The normalized spacial score (nSPS) is 11.8. The lowest BCUT2D eigenvalue weighted by atomic mass is 9.98. The maximum atomic E-state index is 12.5. The number of nitrogens with zero attached hydrogens (tertiary/aromatic N) is 2. The van der Waals surface area contributed by atoms with Gasteiger partial charge < -0.3 is 9.47 Å². The van der Waals surface area contributed by atoms with Crippen LogP contribution >= 0.6 is 11.3 Å². The number of sulfonamides is 1. The molecule has 0 fully saturated rings. The summed E-state index contributed by atoms with van der Waals surface area (Å²) in [7, 11) is -2.82. The molecule has 0 aliphatic carbocycles. The van der Waals surface area contributed by atoms with Crippen molar-refractivity contribution in [2.45, 2.75) is 32.4 Å². The van der Waals surface area contributed by atoms with Crippen LogP contribution in [0.2, 0.25) is 0 Å². The van der Waals surface area contributed by atoms with E-state index in [1.807, 2.05) is 0 Å². The third kappa shape index (κ3) is 4.61. The van der Waals surface area contributed by atoms with Crippen LogP contribution in [0.15, 0.2) is 28.7 Å². The third-order valence-electron chi connectivity index (χ3n) is 3.12. The number of nitrogens with one attached hydrogen (secondary N) is 1. The molecule has 0 spiro atoms. The van der Waals surface area contributed by atoms with Crippen LogP contribution in [0.1, 0.15) is 30.4 Å². The Labute approximate surface area is 155 Å². The second-order valence-corrected chi connectivity index (χ2v) is 8.86. The van der Waals surface area contributed by atoms with Crippen molar-refractivity contribution in [3.63, 3.8) is 0 Å². The highest BCUT2D eigenvalue weighted by Crippen LogP contribution is 2.25. The summed E-state index contributed by atoms with van der Waals surface area (Å²) in [6, 6.07) is 1.31. The zero-order valence-corrected chi connectivity index (χ0v) is 16.3. The average molecular weight is 401 g/mol. The summed E-state index contributed by atoms with van der Waals surface area (Å²) in [6.07, 6.45) is 2.64. The minimum absolute atomic E-state index is 0.0218. The number of hydrogen-bond donors (Lipinski definition) is 1. The van der Waals surface area contributed by atoms with Gasteiger partial charge in [-0.1, -0.05) is 0 Å². The lowest BCUT2D eigenvalue weighted by molar-refractivity contribution is -0.157. The van der Waals surface area contributed by atoms with Crippen LogP contribution in [-0.2, 0) is 31.0 Å². The van der Waals surface area contributed by atoms with Gasteiger partial charge in [0.05, 0.1) is 30.6 Å². The monoisotopic (exact) mass is 401 g/mol. The molecular weight excluding hydrogens is 382 g/mol. The van der Waals surface area contributed by atoms with Gasteiger partial charge in [-0.05, 0) is 32.2 Å². The first-order valence-electron chi connectivity index (χ1n) is 7.43. The number of methoxy groups -OCH3 is 1. The Balaban J connectivity index is 2.10. The Bertz CT molecular complexity index is 908. The van der Waals surface area contributed by atoms with E-state index >= 15 is 0 Å². The van der Waals surface area contributed by atoms with Crippen molar-refractivity contribution >= 4 is 39.0 Å². The third-order valence-corrected chi connectivity index (χ3v) is 5.56. The number of thiophene rings is 1. The molecule has 0 amide bonds. The molecule has 0 radical (unpaired) electrons. The van der Waals surface area contributed by atoms with E-state index in [0.717, 1.165) is 11.3 Å². The summed E-state index contributed by atoms with van der Waals surface area (Å²) >= 11 is 0.966. The summed E-state index contributed by atoms with van der Waals surface area (Å²) in [5, 5.41) is 5.42. The number of anilines is 1. The molecule has 0 aliphatic heterocycles. The van der Waals surface area contributed by atoms with Crippen LogP contribution in [0.4, 0.5) is 5.69 Å². The Kier molecular flexibility index (Phi) is 5.71. The molecule has 0 saturated heterocycles. The van der Waals surface area contributed by atoms with E-state index in [0.29, 0.717) is 0 Å². The van der Waals surface area contributed by atoms with Gasteiger partial charge in [-0.2, -0.15) is 5.10 Å². The van der Waals surface area contributed by atoms with Gasteiger partial charge in [0.15, 0.2) is 6.73 Å². The van der Waals surface area contributed by atoms with Gasteiger partial charge >= 0.3 is 11.9 Å². The van der Waals surface area contributed by atoms with Gasteiger partial charge in [-0.15, -0.1) is 11.3 Å². The number of rotatable bonds is 6. The SMILES string of the molecule is COC(=O)c1sccc1S(=O)(=O)Nc1cnn(COC(=O)C(C)(C)C)c1. The van der Waals surface area contributed by atoms with Gasteiger partial charge in [0.2, 0.25) is 0 Å². The largest absolute Gasteiger partial charge is 0.465 e. The Hall–Kier alpha value is -2.40. The number of hydrogen-bond acceptors (Lipinski definition) is 8.